The van der Waals surface area contributed by atoms with Crippen LogP contribution in [0.3, 0.4) is 0 Å². The minimum absolute atomic E-state index is 0.934. The molecule has 0 amide bonds. The Morgan fingerprint density at radius 2 is 1.28 bits per heavy atom. The molecule has 0 radical (unpaired) electrons. The lowest BCUT2D eigenvalue weighted by Crippen LogP contribution is -2.15. The number of rotatable bonds is 8. The second kappa shape index (κ2) is 14.2. The van der Waals surface area contributed by atoms with Crippen LogP contribution in [0.2, 0.25) is 0 Å². The van der Waals surface area contributed by atoms with Crippen LogP contribution >= 0.6 is 11.3 Å². The Morgan fingerprint density at radius 3 is 2.00 bits per heavy atom. The van der Waals surface area contributed by atoms with Gasteiger partial charge in [0.05, 0.1) is 21.6 Å². The molecule has 1 aliphatic carbocycles. The Kier molecular flexibility index (Phi) is 8.78. The first-order valence-corrected chi connectivity index (χ1v) is 19.3. The molecule has 0 atom stereocenters. The zero-order valence-corrected chi connectivity index (χ0v) is 31.4. The molecule has 0 N–H and O–H groups in total. The molecule has 0 bridgehead atoms. The molecule has 0 saturated heterocycles. The van der Waals surface area contributed by atoms with Crippen LogP contribution in [0.15, 0.2) is 183 Å². The summed E-state index contributed by atoms with van der Waals surface area (Å²) in [6, 6.07) is 52.9. The maximum Gasteiger partial charge on any atom is 0.0636 e. The minimum Gasteiger partial charge on any atom is -0.309 e. The average molecular weight is 713 g/mol. The molecule has 2 heterocycles. The SMILES string of the molecule is C=C/C=C(\c1sc2c(c1C)C=CC=CC2)N(c1ccc(-c2ccccc2)cc1)c1ccc(-c2ccc3c(c2)c2ccccc2n3-c2ccc(C)cc2)cc1. The Morgan fingerprint density at radius 1 is 0.648 bits per heavy atom. The van der Waals surface area contributed by atoms with E-state index in [0.29, 0.717) is 0 Å². The first-order valence-electron chi connectivity index (χ1n) is 18.5. The number of fused-ring (bicyclic) bond motifs is 4. The molecule has 0 spiro atoms. The van der Waals surface area contributed by atoms with Gasteiger partial charge in [-0.2, -0.15) is 0 Å². The Balaban J connectivity index is 1.14. The number of hydrogen-bond acceptors (Lipinski definition) is 2. The maximum absolute atomic E-state index is 4.18. The number of para-hydroxylation sites is 1. The summed E-state index contributed by atoms with van der Waals surface area (Å²) in [4.78, 5) is 5.03. The molecular weight excluding hydrogens is 673 g/mol. The van der Waals surface area contributed by atoms with Gasteiger partial charge >= 0.3 is 0 Å². The van der Waals surface area contributed by atoms with Gasteiger partial charge in [-0.05, 0) is 108 Å². The lowest BCUT2D eigenvalue weighted by molar-refractivity contribution is 1.17. The van der Waals surface area contributed by atoms with Gasteiger partial charge in [-0.15, -0.1) is 11.3 Å². The number of hydrogen-bond donors (Lipinski definition) is 0. The van der Waals surface area contributed by atoms with Gasteiger partial charge in [0, 0.05) is 39.1 Å². The molecule has 260 valence electrons. The second-order valence-electron chi connectivity index (χ2n) is 13.9. The molecular formula is C51H40N2S. The van der Waals surface area contributed by atoms with E-state index in [0.717, 1.165) is 23.5 Å². The first-order chi connectivity index (χ1) is 26.6. The number of thiophene rings is 1. The molecule has 2 aromatic heterocycles. The first kappa shape index (κ1) is 33.4. The summed E-state index contributed by atoms with van der Waals surface area (Å²) in [7, 11) is 0. The number of aromatic nitrogens is 1. The van der Waals surface area contributed by atoms with Gasteiger partial charge in [-0.25, -0.2) is 0 Å². The van der Waals surface area contributed by atoms with Crippen molar-refractivity contribution in [1.29, 1.82) is 0 Å². The van der Waals surface area contributed by atoms with Gasteiger partial charge in [0.1, 0.15) is 0 Å². The number of nitrogens with zero attached hydrogens (tertiary/aromatic N) is 2. The quantitative estimate of drug-likeness (QED) is 0.142. The Labute approximate surface area is 321 Å². The van der Waals surface area contributed by atoms with Crippen molar-refractivity contribution in [1.82, 2.24) is 4.57 Å². The van der Waals surface area contributed by atoms with Crippen molar-refractivity contribution in [2.75, 3.05) is 4.90 Å². The largest absolute Gasteiger partial charge is 0.309 e. The highest BCUT2D eigenvalue weighted by Gasteiger charge is 2.23. The third-order valence-electron chi connectivity index (χ3n) is 10.5. The van der Waals surface area contributed by atoms with Crippen molar-refractivity contribution in [3.63, 3.8) is 0 Å². The summed E-state index contributed by atoms with van der Waals surface area (Å²) in [6.07, 6.45) is 13.8. The highest BCUT2D eigenvalue weighted by Crippen LogP contribution is 2.43. The predicted octanol–water partition coefficient (Wildman–Crippen LogP) is 14.3. The summed E-state index contributed by atoms with van der Waals surface area (Å²) < 4.78 is 2.38. The molecule has 8 aromatic rings. The monoisotopic (exact) mass is 712 g/mol. The lowest BCUT2D eigenvalue weighted by atomic mass is 10.0. The van der Waals surface area contributed by atoms with Crippen LogP contribution in [0.5, 0.6) is 0 Å². The smallest absolute Gasteiger partial charge is 0.0636 e. The third-order valence-corrected chi connectivity index (χ3v) is 11.8. The standard InChI is InChI=1S/C51H40N2S/c1-4-13-49(51-36(3)44-16-9-6-10-19-50(44)54-51)52(41-29-22-38(23-30-41)37-14-7-5-8-15-37)42-31-24-39(25-32-42)40-26-33-48-46(34-40)45-17-11-12-18-47(45)53(48)43-27-20-35(2)21-28-43/h4-18,20-34H,1,19H2,2-3H3/b49-13+. The van der Waals surface area contributed by atoms with Crippen molar-refractivity contribution in [2.45, 2.75) is 20.3 Å². The minimum atomic E-state index is 0.934. The fourth-order valence-electron chi connectivity index (χ4n) is 7.76. The summed E-state index contributed by atoms with van der Waals surface area (Å²) in [5.74, 6) is 0. The molecule has 2 nitrogen and oxygen atoms in total. The molecule has 54 heavy (non-hydrogen) atoms. The van der Waals surface area contributed by atoms with Gasteiger partial charge in [0.15, 0.2) is 0 Å². The topological polar surface area (TPSA) is 8.17 Å². The summed E-state index contributed by atoms with van der Waals surface area (Å²) in [6.45, 7) is 8.56. The summed E-state index contributed by atoms with van der Waals surface area (Å²) in [5.41, 5.74) is 15.6. The van der Waals surface area contributed by atoms with Crippen molar-refractivity contribution >= 4 is 56.3 Å². The van der Waals surface area contributed by atoms with Crippen LogP contribution in [0.4, 0.5) is 11.4 Å². The molecule has 3 heteroatoms. The molecule has 0 unspecified atom stereocenters. The van der Waals surface area contributed by atoms with E-state index in [4.69, 9.17) is 0 Å². The third kappa shape index (κ3) is 6.03. The molecule has 0 saturated carbocycles. The molecule has 6 aromatic carbocycles. The van der Waals surface area contributed by atoms with Gasteiger partial charge in [0.2, 0.25) is 0 Å². The Bertz CT molecular complexity index is 2740. The normalized spacial score (nSPS) is 12.6. The van der Waals surface area contributed by atoms with Crippen molar-refractivity contribution in [3.8, 4) is 27.9 Å². The summed E-state index contributed by atoms with van der Waals surface area (Å²) in [5, 5.41) is 2.51. The van der Waals surface area contributed by atoms with Gasteiger partial charge in [-0.1, -0.05) is 134 Å². The van der Waals surface area contributed by atoms with E-state index in [1.165, 1.54) is 76.2 Å². The van der Waals surface area contributed by atoms with E-state index < -0.39 is 0 Å². The average Bonchev–Trinajstić information content (AvgIpc) is 3.59. The van der Waals surface area contributed by atoms with Gasteiger partial charge in [-0.3, -0.25) is 0 Å². The van der Waals surface area contributed by atoms with Crippen molar-refractivity contribution in [3.05, 3.63) is 209 Å². The molecule has 1 aliphatic rings. The zero-order valence-electron chi connectivity index (χ0n) is 30.5. The lowest BCUT2D eigenvalue weighted by Gasteiger charge is -2.28. The van der Waals surface area contributed by atoms with E-state index in [2.05, 4.69) is 206 Å². The van der Waals surface area contributed by atoms with E-state index in [-0.39, 0.29) is 0 Å². The van der Waals surface area contributed by atoms with Crippen LogP contribution in [-0.4, -0.2) is 4.57 Å². The molecule has 0 fully saturated rings. The Hall–Kier alpha value is -6.42. The summed E-state index contributed by atoms with van der Waals surface area (Å²) >= 11 is 1.88. The fraction of sp³-hybridized carbons (Fsp3) is 0.0588. The van der Waals surface area contributed by atoms with Gasteiger partial charge < -0.3 is 9.47 Å². The van der Waals surface area contributed by atoms with E-state index in [1.807, 2.05) is 17.4 Å². The predicted molar refractivity (Wildman–Crippen MR) is 234 cm³/mol. The van der Waals surface area contributed by atoms with E-state index in [9.17, 15) is 0 Å². The van der Waals surface area contributed by atoms with Crippen molar-refractivity contribution < 1.29 is 0 Å². The van der Waals surface area contributed by atoms with Gasteiger partial charge in [0.25, 0.3) is 0 Å². The highest BCUT2D eigenvalue weighted by atomic mass is 32.1. The highest BCUT2D eigenvalue weighted by molar-refractivity contribution is 7.13. The van der Waals surface area contributed by atoms with Crippen LogP contribution in [0, 0.1) is 13.8 Å². The molecule has 0 aliphatic heterocycles. The van der Waals surface area contributed by atoms with Crippen molar-refractivity contribution in [2.24, 2.45) is 0 Å². The van der Waals surface area contributed by atoms with Crippen LogP contribution in [-0.2, 0) is 6.42 Å². The number of aryl methyl sites for hydroxylation is 1. The van der Waals surface area contributed by atoms with Crippen LogP contribution < -0.4 is 4.90 Å². The molecule has 9 rings (SSSR count). The van der Waals surface area contributed by atoms with E-state index >= 15 is 0 Å². The number of allylic oxidation sites excluding steroid dienone is 5. The van der Waals surface area contributed by atoms with Crippen LogP contribution in [0.1, 0.15) is 26.4 Å². The number of benzene rings is 6. The fourth-order valence-corrected chi connectivity index (χ4v) is 9.04. The maximum atomic E-state index is 4.18. The van der Waals surface area contributed by atoms with Crippen LogP contribution in [0.25, 0.3) is 61.5 Å². The zero-order chi connectivity index (χ0) is 36.6. The van der Waals surface area contributed by atoms with E-state index in [1.54, 1.807) is 0 Å². The number of anilines is 2. The second-order valence-corrected chi connectivity index (χ2v) is 15.0.